The summed E-state index contributed by atoms with van der Waals surface area (Å²) in [5.74, 6) is 0. The zero-order valence-electron chi connectivity index (χ0n) is 7.77. The van der Waals surface area contributed by atoms with Crippen LogP contribution in [0.2, 0.25) is 0 Å². The highest BCUT2D eigenvalue weighted by Gasteiger charge is 2.39. The van der Waals surface area contributed by atoms with E-state index < -0.39 is 0 Å². The smallest absolute Gasteiger partial charge is 0.0600 e. The van der Waals surface area contributed by atoms with Crippen molar-refractivity contribution in [2.45, 2.75) is 6.54 Å². The number of hydrogen-bond donors (Lipinski definition) is 0. The monoisotopic (exact) mass is 182 g/mol. The SMILES string of the molecule is COCC1(Cn2cccn2)COC1. The fourth-order valence-electron chi connectivity index (χ4n) is 1.65. The molecule has 1 aliphatic heterocycles. The predicted molar refractivity (Wildman–Crippen MR) is 47.4 cm³/mol. The number of hydrogen-bond acceptors (Lipinski definition) is 3. The Labute approximate surface area is 77.4 Å². The van der Waals surface area contributed by atoms with Crippen molar-refractivity contribution in [3.05, 3.63) is 18.5 Å². The van der Waals surface area contributed by atoms with Crippen LogP contribution in [0, 0.1) is 5.41 Å². The van der Waals surface area contributed by atoms with E-state index in [9.17, 15) is 0 Å². The molecule has 2 heterocycles. The molecule has 0 atom stereocenters. The second-order valence-corrected chi connectivity index (χ2v) is 3.63. The maximum atomic E-state index is 5.22. The second-order valence-electron chi connectivity index (χ2n) is 3.63. The van der Waals surface area contributed by atoms with Crippen LogP contribution in [-0.4, -0.2) is 36.7 Å². The van der Waals surface area contributed by atoms with Gasteiger partial charge >= 0.3 is 0 Å². The van der Waals surface area contributed by atoms with Gasteiger partial charge in [0, 0.05) is 19.5 Å². The average molecular weight is 182 g/mol. The highest BCUT2D eigenvalue weighted by Crippen LogP contribution is 2.29. The third-order valence-corrected chi connectivity index (χ3v) is 2.32. The van der Waals surface area contributed by atoms with E-state index >= 15 is 0 Å². The average Bonchev–Trinajstić information content (AvgIpc) is 2.53. The molecule has 0 radical (unpaired) electrons. The molecule has 0 aliphatic carbocycles. The number of rotatable bonds is 4. The maximum Gasteiger partial charge on any atom is 0.0600 e. The van der Waals surface area contributed by atoms with Gasteiger partial charge in [-0.25, -0.2) is 0 Å². The largest absolute Gasteiger partial charge is 0.384 e. The minimum atomic E-state index is 0.154. The van der Waals surface area contributed by atoms with Gasteiger partial charge in [-0.15, -0.1) is 0 Å². The molecule has 1 fully saturated rings. The van der Waals surface area contributed by atoms with Crippen LogP contribution in [0.5, 0.6) is 0 Å². The molecular formula is C9H14N2O2. The topological polar surface area (TPSA) is 36.3 Å². The molecule has 0 saturated carbocycles. The Morgan fingerprint density at radius 3 is 2.92 bits per heavy atom. The van der Waals surface area contributed by atoms with Crippen molar-refractivity contribution in [1.82, 2.24) is 9.78 Å². The Morgan fingerprint density at radius 1 is 1.62 bits per heavy atom. The van der Waals surface area contributed by atoms with E-state index in [2.05, 4.69) is 5.10 Å². The summed E-state index contributed by atoms with van der Waals surface area (Å²) in [7, 11) is 1.73. The van der Waals surface area contributed by atoms with E-state index in [-0.39, 0.29) is 5.41 Å². The fraction of sp³-hybridized carbons (Fsp3) is 0.667. The lowest BCUT2D eigenvalue weighted by atomic mass is 9.87. The zero-order valence-corrected chi connectivity index (χ0v) is 7.77. The molecule has 4 nitrogen and oxygen atoms in total. The summed E-state index contributed by atoms with van der Waals surface area (Å²) in [6, 6.07) is 1.93. The van der Waals surface area contributed by atoms with Gasteiger partial charge in [-0.05, 0) is 6.07 Å². The Bertz CT molecular complexity index is 255. The van der Waals surface area contributed by atoms with Gasteiger partial charge in [-0.3, -0.25) is 4.68 Å². The molecule has 4 heteroatoms. The number of methoxy groups -OCH3 is 1. The molecule has 13 heavy (non-hydrogen) atoms. The van der Waals surface area contributed by atoms with Crippen molar-refractivity contribution in [3.8, 4) is 0 Å². The molecule has 72 valence electrons. The van der Waals surface area contributed by atoms with Gasteiger partial charge in [-0.2, -0.15) is 5.10 Å². The quantitative estimate of drug-likeness (QED) is 0.682. The molecule has 0 aromatic carbocycles. The van der Waals surface area contributed by atoms with E-state index in [0.717, 1.165) is 26.4 Å². The van der Waals surface area contributed by atoms with Crippen LogP contribution < -0.4 is 0 Å². The van der Waals surface area contributed by atoms with E-state index in [1.807, 2.05) is 16.9 Å². The van der Waals surface area contributed by atoms with Gasteiger partial charge in [0.05, 0.1) is 31.8 Å². The highest BCUT2D eigenvalue weighted by molar-refractivity contribution is 4.88. The Balaban J connectivity index is 1.98. The first-order valence-electron chi connectivity index (χ1n) is 4.39. The van der Waals surface area contributed by atoms with Crippen molar-refractivity contribution in [1.29, 1.82) is 0 Å². The van der Waals surface area contributed by atoms with Crippen LogP contribution in [-0.2, 0) is 16.0 Å². The summed E-state index contributed by atoms with van der Waals surface area (Å²) in [6.45, 7) is 3.18. The molecule has 1 aromatic rings. The molecule has 0 bridgehead atoms. The first-order chi connectivity index (χ1) is 6.35. The summed E-state index contributed by atoms with van der Waals surface area (Å²) in [5, 5.41) is 4.17. The van der Waals surface area contributed by atoms with Crippen molar-refractivity contribution >= 4 is 0 Å². The van der Waals surface area contributed by atoms with E-state index in [1.54, 1.807) is 13.3 Å². The number of nitrogens with zero attached hydrogens (tertiary/aromatic N) is 2. The first-order valence-corrected chi connectivity index (χ1v) is 4.39. The summed E-state index contributed by atoms with van der Waals surface area (Å²) in [4.78, 5) is 0. The minimum absolute atomic E-state index is 0.154. The van der Waals surface area contributed by atoms with Gasteiger partial charge in [0.1, 0.15) is 0 Å². The minimum Gasteiger partial charge on any atom is -0.384 e. The summed E-state index contributed by atoms with van der Waals surface area (Å²) in [6.07, 6.45) is 3.76. The van der Waals surface area contributed by atoms with E-state index in [1.165, 1.54) is 0 Å². The number of ether oxygens (including phenoxy) is 2. The normalized spacial score (nSPS) is 19.8. The van der Waals surface area contributed by atoms with Crippen LogP contribution in [0.25, 0.3) is 0 Å². The van der Waals surface area contributed by atoms with Crippen LogP contribution in [0.4, 0.5) is 0 Å². The summed E-state index contributed by atoms with van der Waals surface area (Å²) >= 11 is 0. The molecule has 0 N–H and O–H groups in total. The highest BCUT2D eigenvalue weighted by atomic mass is 16.5. The number of aromatic nitrogens is 2. The van der Waals surface area contributed by atoms with Crippen LogP contribution in [0.1, 0.15) is 0 Å². The molecule has 0 amide bonds. The molecular weight excluding hydrogens is 168 g/mol. The zero-order chi connectivity index (χ0) is 9.15. The van der Waals surface area contributed by atoms with Gasteiger partial charge in [0.15, 0.2) is 0 Å². The Morgan fingerprint density at radius 2 is 2.46 bits per heavy atom. The molecule has 1 aliphatic rings. The molecule has 1 aromatic heterocycles. The van der Waals surface area contributed by atoms with Gasteiger partial charge in [0.2, 0.25) is 0 Å². The van der Waals surface area contributed by atoms with Gasteiger partial charge in [-0.1, -0.05) is 0 Å². The van der Waals surface area contributed by atoms with Gasteiger partial charge < -0.3 is 9.47 Å². The van der Waals surface area contributed by atoms with Crippen molar-refractivity contribution in [3.63, 3.8) is 0 Å². The molecule has 0 unspecified atom stereocenters. The first kappa shape index (κ1) is 8.72. The summed E-state index contributed by atoms with van der Waals surface area (Å²) in [5.41, 5.74) is 0.154. The van der Waals surface area contributed by atoms with E-state index in [0.29, 0.717) is 0 Å². The van der Waals surface area contributed by atoms with E-state index in [4.69, 9.17) is 9.47 Å². The van der Waals surface area contributed by atoms with Crippen LogP contribution in [0.15, 0.2) is 18.5 Å². The Kier molecular flexibility index (Phi) is 2.33. The Hall–Kier alpha value is -0.870. The lowest BCUT2D eigenvalue weighted by molar-refractivity contribution is -0.152. The standard InChI is InChI=1S/C9H14N2O2/c1-12-6-9(7-13-8-9)5-11-4-2-3-10-11/h2-4H,5-8H2,1H3. The predicted octanol–water partition coefficient (Wildman–Crippen LogP) is 0.546. The van der Waals surface area contributed by atoms with Crippen molar-refractivity contribution in [2.24, 2.45) is 5.41 Å². The molecule has 0 spiro atoms. The van der Waals surface area contributed by atoms with Gasteiger partial charge in [0.25, 0.3) is 0 Å². The third-order valence-electron chi connectivity index (χ3n) is 2.32. The molecule has 2 rings (SSSR count). The van der Waals surface area contributed by atoms with Crippen LogP contribution in [0.3, 0.4) is 0 Å². The lowest BCUT2D eigenvalue weighted by Crippen LogP contribution is -2.49. The second kappa shape index (κ2) is 3.47. The van der Waals surface area contributed by atoms with Crippen LogP contribution >= 0.6 is 0 Å². The van der Waals surface area contributed by atoms with Crippen molar-refractivity contribution in [2.75, 3.05) is 26.9 Å². The molecule has 1 saturated heterocycles. The fourth-order valence-corrected chi connectivity index (χ4v) is 1.65. The third kappa shape index (κ3) is 1.73. The lowest BCUT2D eigenvalue weighted by Gasteiger charge is -2.40. The summed E-state index contributed by atoms with van der Waals surface area (Å²) < 4.78 is 12.3. The van der Waals surface area contributed by atoms with Crippen molar-refractivity contribution < 1.29 is 9.47 Å². The maximum absolute atomic E-state index is 5.22.